The second-order valence-electron chi connectivity index (χ2n) is 23.3. The zero-order valence-corrected chi connectivity index (χ0v) is 48.9. The van der Waals surface area contributed by atoms with Crippen LogP contribution in [0.5, 0.6) is 0 Å². The fourth-order valence-electron chi connectivity index (χ4n) is 14.5. The number of para-hydroxylation sites is 1. The zero-order chi connectivity index (χ0) is 53.5. The molecule has 0 aliphatic carbocycles. The van der Waals surface area contributed by atoms with E-state index < -0.39 is 0 Å². The van der Waals surface area contributed by atoms with E-state index in [9.17, 15) is 0 Å². The van der Waals surface area contributed by atoms with E-state index in [0.717, 1.165) is 21.9 Å². The maximum Gasteiger partial charge on any atom is 0.140 e. The molecule has 0 saturated carbocycles. The minimum absolute atomic E-state index is 0.926. The van der Waals surface area contributed by atoms with Crippen LogP contribution < -0.4 is 126 Å². The van der Waals surface area contributed by atoms with E-state index in [-0.39, 0.29) is 0 Å². The van der Waals surface area contributed by atoms with Crippen LogP contribution in [-0.2, 0) is 0 Å². The van der Waals surface area contributed by atoms with E-state index in [1.165, 1.54) is 213 Å². The molecule has 1 nitrogen and oxygen atoms in total. The Morgan fingerprint density at radius 2 is 0.486 bits per heavy atom. The van der Waals surface area contributed by atoms with Gasteiger partial charge in [0.05, 0.1) is 0 Å². The second kappa shape index (κ2) is 17.4. The molecule has 0 radical (unpaired) electrons. The molecule has 1 aromatic heterocycles. The lowest BCUT2D eigenvalue weighted by Crippen LogP contribution is -2.52. The highest BCUT2D eigenvalue weighted by Gasteiger charge is 2.32. The number of rotatable bonds is 3. The maximum atomic E-state index is 6.49. The van der Waals surface area contributed by atoms with Crippen LogP contribution >= 0.6 is 0 Å². The highest BCUT2D eigenvalue weighted by molar-refractivity contribution is 6.77. The first kappa shape index (κ1) is 50.9. The third-order valence-corrected chi connectivity index (χ3v) is 20.7. The lowest BCUT2D eigenvalue weighted by Gasteiger charge is -2.33. The average molecular weight is 919 g/mol. The minimum Gasteiger partial charge on any atom is -0.456 e. The molecule has 11 aromatic rings. The van der Waals surface area contributed by atoms with Crippen molar-refractivity contribution in [2.45, 2.75) is 0 Å². The van der Waals surface area contributed by atoms with Gasteiger partial charge in [-0.1, -0.05) is 95.3 Å². The summed E-state index contributed by atoms with van der Waals surface area (Å²) < 4.78 is 6.49. The Balaban J connectivity index is 1.44. The highest BCUT2D eigenvalue weighted by Crippen LogP contribution is 2.44. The Morgan fingerprint density at radius 1 is 0.203 bits per heavy atom. The molecule has 0 saturated heterocycles. The molecule has 328 valence electrons. The first-order chi connectivity index (χ1) is 34.9. The number of hydrogen-bond acceptors (Lipinski definition) is 1. The van der Waals surface area contributed by atoms with Crippen molar-refractivity contribution >= 4 is 382 Å². The molecule has 1 heterocycles. The average Bonchev–Trinajstić information content (AvgIpc) is 3.76. The van der Waals surface area contributed by atoms with E-state index >= 15 is 0 Å². The van der Waals surface area contributed by atoms with Gasteiger partial charge in [-0.05, 0) is 105 Å². The predicted molar refractivity (Wildman–Crippen MR) is 406 cm³/mol. The monoisotopic (exact) mass is 923 g/mol. The molecule has 0 bridgehead atoms. The van der Waals surface area contributed by atoms with Gasteiger partial charge in [-0.15, -0.1) is 54.6 Å². The SMILES string of the molecule is Bc1c(B)c(B)c2c(-c3c(B)c4c(B)c(B)c(B)c(B)c4c4c(B)c(B)c(B)c(B)c34)c(B)c(B)c(-c3c4c(B)c(B)c(B)c(B)c4c(-c4ccc5oc6ccccc6c5c4)c4c(B)c(B)c(B)c(B)c34)c2c1B. The number of hydrogen-bond donors (Lipinski definition) is 0. The standard InChI is InChI=1S/C50H53B23O/c51-28-20(23-25(38(61)48(71)46(69)36(23)59)26-27(28)40(63)50(73)49(72)39(26)62)22-24-21(35(58)45(68)47(70)37(24)60)19(29(52)30(22)53)14-17-15(31(54)41(64)43(66)33(17)56)13(16-18(14)34(57)44(67)42(65)32(16)55)8-5-6-12-10(7-8)9-3-1-2-4-11(9)74-12/h1-7H,51-73H2. The van der Waals surface area contributed by atoms with E-state index in [1.807, 2.05) is 0 Å². The van der Waals surface area contributed by atoms with Gasteiger partial charge >= 0.3 is 0 Å². The fraction of sp³-hybridized carbons (Fsp3) is 0. The van der Waals surface area contributed by atoms with E-state index in [1.54, 1.807) is 0 Å². The van der Waals surface area contributed by atoms with Gasteiger partial charge in [0.15, 0.2) is 0 Å². The van der Waals surface area contributed by atoms with Crippen molar-refractivity contribution in [2.24, 2.45) is 0 Å². The molecule has 24 heteroatoms. The minimum atomic E-state index is 0.926. The van der Waals surface area contributed by atoms with Gasteiger partial charge < -0.3 is 4.42 Å². The van der Waals surface area contributed by atoms with Gasteiger partial charge in [-0.3, -0.25) is 0 Å². The molecule has 0 amide bonds. The molecule has 0 aliphatic rings. The molecule has 0 N–H and O–H groups in total. The topological polar surface area (TPSA) is 13.1 Å². The molecule has 0 aliphatic heterocycles. The van der Waals surface area contributed by atoms with Crippen molar-refractivity contribution in [3.05, 3.63) is 42.5 Å². The van der Waals surface area contributed by atoms with E-state index in [2.05, 4.69) is 223 Å². The summed E-state index contributed by atoms with van der Waals surface area (Å²) >= 11 is 0. The van der Waals surface area contributed by atoms with Crippen LogP contribution in [0, 0.1) is 0 Å². The number of furan rings is 1. The van der Waals surface area contributed by atoms with Crippen molar-refractivity contribution in [3.8, 4) is 33.4 Å². The second-order valence-corrected chi connectivity index (χ2v) is 23.3. The van der Waals surface area contributed by atoms with Crippen molar-refractivity contribution in [1.29, 1.82) is 0 Å². The Bertz CT molecular complexity index is 4440. The van der Waals surface area contributed by atoms with Crippen molar-refractivity contribution in [1.82, 2.24) is 0 Å². The highest BCUT2D eigenvalue weighted by atomic mass is 16.3. The van der Waals surface area contributed by atoms with Crippen LogP contribution in [0.1, 0.15) is 0 Å². The lowest BCUT2D eigenvalue weighted by molar-refractivity contribution is 0.669. The summed E-state index contributed by atoms with van der Waals surface area (Å²) in [7, 11) is 55.0. The van der Waals surface area contributed by atoms with Crippen molar-refractivity contribution in [2.75, 3.05) is 0 Å². The summed E-state index contributed by atoms with van der Waals surface area (Å²) in [5.41, 5.74) is 41.8. The summed E-state index contributed by atoms with van der Waals surface area (Å²) in [6.07, 6.45) is 0. The third-order valence-electron chi connectivity index (χ3n) is 20.7. The molecule has 0 atom stereocenters. The van der Waals surface area contributed by atoms with Crippen LogP contribution in [0.3, 0.4) is 0 Å². The molecular weight excluding hydrogens is 865 g/mol. The molecule has 0 unspecified atom stereocenters. The Kier molecular flexibility index (Phi) is 12.0. The van der Waals surface area contributed by atoms with Gasteiger partial charge in [-0.2, -0.15) is 0 Å². The van der Waals surface area contributed by atoms with Crippen molar-refractivity contribution < 1.29 is 4.42 Å². The molecule has 74 heavy (non-hydrogen) atoms. The molecule has 0 spiro atoms. The van der Waals surface area contributed by atoms with Crippen LogP contribution in [0.4, 0.5) is 0 Å². The summed E-state index contributed by atoms with van der Waals surface area (Å²) in [5, 5.41) is 16.3. The Labute approximate surface area is 459 Å². The molecular formula is C50H53B23O. The summed E-state index contributed by atoms with van der Waals surface area (Å²) in [6, 6.07) is 15.5. The molecule has 11 rings (SSSR count). The predicted octanol–water partition coefficient (Wildman–Crippen LogP) is -25.7. The Morgan fingerprint density at radius 3 is 0.905 bits per heavy atom. The molecule has 0 fully saturated rings. The van der Waals surface area contributed by atoms with E-state index in [0.29, 0.717) is 0 Å². The van der Waals surface area contributed by atoms with Crippen LogP contribution in [0.2, 0.25) is 0 Å². The van der Waals surface area contributed by atoms with Gasteiger partial charge in [-0.25, -0.2) is 0 Å². The smallest absolute Gasteiger partial charge is 0.140 e. The lowest BCUT2D eigenvalue weighted by atomic mass is 9.56. The van der Waals surface area contributed by atoms with Gasteiger partial charge in [0.25, 0.3) is 0 Å². The number of benzene rings is 10. The zero-order valence-electron chi connectivity index (χ0n) is 48.9. The van der Waals surface area contributed by atoms with Gasteiger partial charge in [0, 0.05) is 10.8 Å². The fourth-order valence-corrected chi connectivity index (χ4v) is 14.5. The summed E-state index contributed by atoms with van der Waals surface area (Å²) in [6.45, 7) is 0. The largest absolute Gasteiger partial charge is 0.456 e. The molecule has 10 aromatic carbocycles. The van der Waals surface area contributed by atoms with Crippen LogP contribution in [0.25, 0.3) is 109 Å². The maximum absolute atomic E-state index is 6.49. The number of fused-ring (bicyclic) bond motifs is 9. The Hall–Kier alpha value is -5.21. The van der Waals surface area contributed by atoms with Gasteiger partial charge in [0.1, 0.15) is 192 Å². The van der Waals surface area contributed by atoms with Crippen LogP contribution in [-0.4, -0.2) is 180 Å². The summed E-state index contributed by atoms with van der Waals surface area (Å²) in [4.78, 5) is 0. The van der Waals surface area contributed by atoms with Gasteiger partial charge in [0.2, 0.25) is 0 Å². The first-order valence-electron chi connectivity index (χ1n) is 27.2. The van der Waals surface area contributed by atoms with Crippen LogP contribution in [0.15, 0.2) is 46.9 Å². The normalized spacial score (nSPS) is 11.9. The summed E-state index contributed by atoms with van der Waals surface area (Å²) in [5.74, 6) is 0. The van der Waals surface area contributed by atoms with E-state index in [4.69, 9.17) is 4.42 Å². The quantitative estimate of drug-likeness (QED) is 0.0978. The third kappa shape index (κ3) is 6.51. The van der Waals surface area contributed by atoms with Crippen molar-refractivity contribution in [3.63, 3.8) is 0 Å². The first-order valence-corrected chi connectivity index (χ1v) is 27.2.